The number of aliphatic imine (C=N–C) groups is 1. The van der Waals surface area contributed by atoms with Crippen LogP contribution in [-0.2, 0) is 16.4 Å². The minimum absolute atomic E-state index is 0. The summed E-state index contributed by atoms with van der Waals surface area (Å²) < 4.78 is 27.1. The highest BCUT2D eigenvalue weighted by atomic mass is 127. The topological polar surface area (TPSA) is 65.0 Å². The molecule has 1 aliphatic heterocycles. The van der Waals surface area contributed by atoms with Crippen LogP contribution in [0, 0.1) is 5.41 Å². The Morgan fingerprint density at radius 2 is 2.00 bits per heavy atom. The molecule has 0 unspecified atom stereocenters. The third-order valence-electron chi connectivity index (χ3n) is 4.78. The predicted octanol–water partition coefficient (Wildman–Crippen LogP) is 3.25. The maximum absolute atomic E-state index is 12.6. The lowest BCUT2D eigenvalue weighted by Gasteiger charge is -2.23. The Morgan fingerprint density at radius 1 is 1.33 bits per heavy atom. The van der Waals surface area contributed by atoms with Gasteiger partial charge in [-0.3, -0.25) is 4.99 Å². The third-order valence-corrected chi connectivity index (χ3v) is 8.44. The predicted molar refractivity (Wildman–Crippen MR) is 125 cm³/mol. The molecule has 27 heavy (non-hydrogen) atoms. The molecule has 0 bridgehead atoms. The van der Waals surface area contributed by atoms with Crippen molar-refractivity contribution in [1.29, 1.82) is 0 Å². The average molecular weight is 529 g/mol. The van der Waals surface area contributed by atoms with Gasteiger partial charge in [-0.05, 0) is 30.4 Å². The molecule has 2 rings (SSSR count). The summed E-state index contributed by atoms with van der Waals surface area (Å²) in [5, 5.41) is 3.41. The first-order chi connectivity index (χ1) is 12.2. The van der Waals surface area contributed by atoms with Gasteiger partial charge in [-0.25, -0.2) is 8.42 Å². The quantitative estimate of drug-likeness (QED) is 0.335. The summed E-state index contributed by atoms with van der Waals surface area (Å²) in [5.41, 5.74) is 0.332. The molecule has 1 N–H and O–H groups in total. The van der Waals surface area contributed by atoms with Crippen LogP contribution in [0.1, 0.15) is 39.0 Å². The van der Waals surface area contributed by atoms with Crippen molar-refractivity contribution < 1.29 is 8.42 Å². The second kappa shape index (κ2) is 10.4. The molecule has 6 nitrogen and oxygen atoms in total. The number of guanidine groups is 1. The van der Waals surface area contributed by atoms with E-state index in [2.05, 4.69) is 29.1 Å². The smallest absolute Gasteiger partial charge is 0.252 e. The summed E-state index contributed by atoms with van der Waals surface area (Å²) in [6.07, 6.45) is 1.96. The molecule has 1 fully saturated rings. The molecule has 0 aromatic carbocycles. The van der Waals surface area contributed by atoms with Gasteiger partial charge < -0.3 is 10.2 Å². The lowest BCUT2D eigenvalue weighted by atomic mass is 9.93. The molecule has 0 aliphatic carbocycles. The van der Waals surface area contributed by atoms with E-state index in [1.165, 1.54) is 22.1 Å². The van der Waals surface area contributed by atoms with Crippen LogP contribution in [0.5, 0.6) is 0 Å². The van der Waals surface area contributed by atoms with Gasteiger partial charge in [-0.1, -0.05) is 27.7 Å². The van der Waals surface area contributed by atoms with Crippen molar-refractivity contribution in [3.63, 3.8) is 0 Å². The van der Waals surface area contributed by atoms with Gasteiger partial charge in [0.2, 0.25) is 0 Å². The van der Waals surface area contributed by atoms with Gasteiger partial charge in [-0.15, -0.1) is 35.3 Å². The standard InChI is InChI=1S/C18H32N4O2S2.HI/c1-6-22(7-2)26(23,24)16-9-8-15(25-16)10-12-20-17(19-5)21-13-11-18(3,4)14-21;/h8-9H,6-7,10-14H2,1-5H3,(H,19,20);1H. The summed E-state index contributed by atoms with van der Waals surface area (Å²) in [4.78, 5) is 7.76. The largest absolute Gasteiger partial charge is 0.356 e. The fourth-order valence-corrected chi connectivity index (χ4v) is 6.21. The Hall–Kier alpha value is -0.390. The molecule has 0 amide bonds. The number of rotatable bonds is 7. The highest BCUT2D eigenvalue weighted by Crippen LogP contribution is 2.28. The van der Waals surface area contributed by atoms with E-state index in [0.717, 1.165) is 36.9 Å². The number of hydrogen-bond donors (Lipinski definition) is 1. The summed E-state index contributed by atoms with van der Waals surface area (Å²) in [6.45, 7) is 12.1. The molecule has 0 spiro atoms. The normalized spacial score (nSPS) is 17.3. The van der Waals surface area contributed by atoms with Crippen LogP contribution in [-0.4, -0.2) is 63.4 Å². The first-order valence-electron chi connectivity index (χ1n) is 9.28. The van der Waals surface area contributed by atoms with Gasteiger partial charge in [0, 0.05) is 44.6 Å². The molecule has 2 heterocycles. The number of nitrogens with zero attached hydrogens (tertiary/aromatic N) is 3. The maximum atomic E-state index is 12.6. The first-order valence-corrected chi connectivity index (χ1v) is 11.5. The minimum Gasteiger partial charge on any atom is -0.356 e. The van der Waals surface area contributed by atoms with Crippen LogP contribution < -0.4 is 5.32 Å². The van der Waals surface area contributed by atoms with Crippen molar-refractivity contribution in [3.05, 3.63) is 17.0 Å². The fraction of sp³-hybridized carbons (Fsp3) is 0.722. The van der Waals surface area contributed by atoms with E-state index in [-0.39, 0.29) is 24.0 Å². The van der Waals surface area contributed by atoms with E-state index in [0.29, 0.717) is 22.7 Å². The second-order valence-corrected chi connectivity index (χ2v) is 10.7. The van der Waals surface area contributed by atoms with Crippen molar-refractivity contribution in [1.82, 2.24) is 14.5 Å². The van der Waals surface area contributed by atoms with Crippen molar-refractivity contribution >= 4 is 51.3 Å². The Kier molecular flexibility index (Phi) is 9.50. The van der Waals surface area contributed by atoms with Gasteiger partial charge in [0.25, 0.3) is 10.0 Å². The SMILES string of the molecule is CCN(CC)S(=O)(=O)c1ccc(CCNC(=NC)N2CCC(C)(C)C2)s1.I. The van der Waals surface area contributed by atoms with Crippen LogP contribution in [0.25, 0.3) is 0 Å². The number of likely N-dealkylation sites (tertiary alicyclic amines) is 1. The van der Waals surface area contributed by atoms with Crippen LogP contribution >= 0.6 is 35.3 Å². The van der Waals surface area contributed by atoms with E-state index in [9.17, 15) is 8.42 Å². The summed E-state index contributed by atoms with van der Waals surface area (Å²) in [6, 6.07) is 3.65. The number of hydrogen-bond acceptors (Lipinski definition) is 4. The number of nitrogens with one attached hydrogen (secondary N) is 1. The van der Waals surface area contributed by atoms with E-state index in [1.54, 1.807) is 6.07 Å². The zero-order valence-electron chi connectivity index (χ0n) is 17.0. The highest BCUT2D eigenvalue weighted by molar-refractivity contribution is 14.0. The van der Waals surface area contributed by atoms with Crippen LogP contribution in [0.4, 0.5) is 0 Å². The minimum atomic E-state index is -3.35. The fourth-order valence-electron chi connectivity index (χ4n) is 3.24. The van der Waals surface area contributed by atoms with E-state index >= 15 is 0 Å². The van der Waals surface area contributed by atoms with Crippen molar-refractivity contribution in [2.45, 2.75) is 44.7 Å². The molecular formula is C18H33IN4O2S2. The van der Waals surface area contributed by atoms with E-state index in [4.69, 9.17) is 0 Å². The van der Waals surface area contributed by atoms with Gasteiger partial charge in [-0.2, -0.15) is 4.31 Å². The van der Waals surface area contributed by atoms with Crippen LogP contribution in [0.3, 0.4) is 0 Å². The molecule has 1 aromatic rings. The highest BCUT2D eigenvalue weighted by Gasteiger charge is 2.30. The Labute approximate surface area is 185 Å². The molecule has 0 saturated carbocycles. The Bertz CT molecular complexity index is 727. The number of thiophene rings is 1. The third kappa shape index (κ3) is 6.30. The zero-order valence-corrected chi connectivity index (χ0v) is 21.0. The van der Waals surface area contributed by atoms with Gasteiger partial charge in [0.1, 0.15) is 4.21 Å². The van der Waals surface area contributed by atoms with Gasteiger partial charge in [0.05, 0.1) is 0 Å². The summed E-state index contributed by atoms with van der Waals surface area (Å²) >= 11 is 1.37. The number of halogens is 1. The maximum Gasteiger partial charge on any atom is 0.252 e. The first kappa shape index (κ1) is 24.6. The molecule has 1 aromatic heterocycles. The molecular weight excluding hydrogens is 495 g/mol. The second-order valence-electron chi connectivity index (χ2n) is 7.37. The van der Waals surface area contributed by atoms with Crippen molar-refractivity contribution in [3.8, 4) is 0 Å². The molecule has 9 heteroatoms. The van der Waals surface area contributed by atoms with Crippen molar-refractivity contribution in [2.24, 2.45) is 10.4 Å². The monoisotopic (exact) mass is 528 g/mol. The lowest BCUT2D eigenvalue weighted by molar-refractivity contribution is 0.370. The van der Waals surface area contributed by atoms with E-state index in [1.807, 2.05) is 27.0 Å². The summed E-state index contributed by atoms with van der Waals surface area (Å²) in [5.74, 6) is 0.933. The molecule has 1 saturated heterocycles. The van der Waals surface area contributed by atoms with E-state index < -0.39 is 10.0 Å². The van der Waals surface area contributed by atoms with Gasteiger partial charge >= 0.3 is 0 Å². The zero-order chi connectivity index (χ0) is 19.4. The number of sulfonamides is 1. The molecule has 156 valence electrons. The average Bonchev–Trinajstić information content (AvgIpc) is 3.19. The molecule has 0 atom stereocenters. The lowest BCUT2D eigenvalue weighted by Crippen LogP contribution is -2.41. The molecule has 0 radical (unpaired) electrons. The Morgan fingerprint density at radius 3 is 2.52 bits per heavy atom. The summed E-state index contributed by atoms with van der Waals surface area (Å²) in [7, 11) is -1.54. The molecule has 1 aliphatic rings. The van der Waals surface area contributed by atoms with Crippen molar-refractivity contribution in [2.75, 3.05) is 39.8 Å². The van der Waals surface area contributed by atoms with Crippen LogP contribution in [0.15, 0.2) is 21.3 Å². The van der Waals surface area contributed by atoms with Crippen LogP contribution in [0.2, 0.25) is 0 Å². The Balaban J connectivity index is 0.00000364. The van der Waals surface area contributed by atoms with Gasteiger partial charge in [0.15, 0.2) is 5.96 Å².